The second-order valence-corrected chi connectivity index (χ2v) is 4.68. The Labute approximate surface area is 91.8 Å². The lowest BCUT2D eigenvalue weighted by Gasteiger charge is -2.26. The maximum Gasteiger partial charge on any atom is 0.237 e. The lowest BCUT2D eigenvalue weighted by Crippen LogP contribution is -2.48. The second-order valence-electron chi connectivity index (χ2n) is 4.68. The van der Waals surface area contributed by atoms with Gasteiger partial charge in [-0.1, -0.05) is 0 Å². The molecule has 0 saturated carbocycles. The Balaban J connectivity index is 2.39. The molecule has 1 fully saturated rings. The first-order chi connectivity index (χ1) is 7.05. The average Bonchev–Trinajstić information content (AvgIpc) is 2.40. The van der Waals surface area contributed by atoms with Gasteiger partial charge in [0.05, 0.1) is 11.6 Å². The van der Waals surface area contributed by atoms with Crippen molar-refractivity contribution in [2.75, 3.05) is 20.2 Å². The highest BCUT2D eigenvalue weighted by Gasteiger charge is 2.23. The first-order valence-electron chi connectivity index (χ1n) is 5.61. The summed E-state index contributed by atoms with van der Waals surface area (Å²) in [7, 11) is 1.69. The van der Waals surface area contributed by atoms with Crippen LogP contribution in [0, 0.1) is 0 Å². The molecule has 1 heterocycles. The molecule has 0 bridgehead atoms. The van der Waals surface area contributed by atoms with Gasteiger partial charge >= 0.3 is 0 Å². The zero-order valence-corrected chi connectivity index (χ0v) is 9.93. The lowest BCUT2D eigenvalue weighted by atomic mass is 10.1. The van der Waals surface area contributed by atoms with Crippen molar-refractivity contribution in [1.82, 2.24) is 10.6 Å². The fraction of sp³-hybridized carbons (Fsp3) is 0.909. The molecular formula is C11H22N2O2. The summed E-state index contributed by atoms with van der Waals surface area (Å²) in [6.07, 6.45) is 3.10. The van der Waals surface area contributed by atoms with Crippen molar-refractivity contribution in [2.24, 2.45) is 0 Å². The topological polar surface area (TPSA) is 50.4 Å². The van der Waals surface area contributed by atoms with E-state index in [2.05, 4.69) is 10.6 Å². The standard InChI is InChI=1S/C11H22N2O2/c1-11(2,15-3)8-13-9-6-4-5-7-12-10(9)14/h9,13H,4-8H2,1-3H3,(H,12,14). The highest BCUT2D eigenvalue weighted by Crippen LogP contribution is 2.09. The Morgan fingerprint density at radius 1 is 1.53 bits per heavy atom. The van der Waals surface area contributed by atoms with E-state index < -0.39 is 0 Å². The van der Waals surface area contributed by atoms with Gasteiger partial charge < -0.3 is 15.4 Å². The van der Waals surface area contributed by atoms with Gasteiger partial charge in [0.25, 0.3) is 0 Å². The third-order valence-electron chi connectivity index (χ3n) is 2.86. The van der Waals surface area contributed by atoms with E-state index >= 15 is 0 Å². The van der Waals surface area contributed by atoms with Crippen molar-refractivity contribution in [2.45, 2.75) is 44.8 Å². The largest absolute Gasteiger partial charge is 0.377 e. The summed E-state index contributed by atoms with van der Waals surface area (Å²) in [5, 5.41) is 6.17. The van der Waals surface area contributed by atoms with Crippen molar-refractivity contribution < 1.29 is 9.53 Å². The minimum Gasteiger partial charge on any atom is -0.377 e. The van der Waals surface area contributed by atoms with Gasteiger partial charge in [-0.3, -0.25) is 4.79 Å². The smallest absolute Gasteiger partial charge is 0.237 e. The van der Waals surface area contributed by atoms with E-state index in [9.17, 15) is 4.79 Å². The Kier molecular flexibility index (Phi) is 4.54. The fourth-order valence-electron chi connectivity index (χ4n) is 1.58. The zero-order chi connectivity index (χ0) is 11.3. The van der Waals surface area contributed by atoms with Crippen LogP contribution < -0.4 is 10.6 Å². The molecular weight excluding hydrogens is 192 g/mol. The Hall–Kier alpha value is -0.610. The molecule has 1 atom stereocenters. The molecule has 15 heavy (non-hydrogen) atoms. The minimum atomic E-state index is -0.216. The molecule has 1 saturated heterocycles. The fourth-order valence-corrected chi connectivity index (χ4v) is 1.58. The molecule has 0 aromatic carbocycles. The summed E-state index contributed by atoms with van der Waals surface area (Å²) in [5.41, 5.74) is -0.216. The Morgan fingerprint density at radius 3 is 2.93 bits per heavy atom. The van der Waals surface area contributed by atoms with Crippen molar-refractivity contribution in [1.29, 1.82) is 0 Å². The molecule has 1 unspecified atom stereocenters. The third-order valence-corrected chi connectivity index (χ3v) is 2.86. The molecule has 0 aromatic rings. The normalized spacial score (nSPS) is 23.4. The summed E-state index contributed by atoms with van der Waals surface area (Å²) in [5.74, 6) is 0.124. The number of methoxy groups -OCH3 is 1. The molecule has 1 aliphatic rings. The Morgan fingerprint density at radius 2 is 2.27 bits per heavy atom. The van der Waals surface area contributed by atoms with Crippen LogP contribution in [0.15, 0.2) is 0 Å². The molecule has 4 heteroatoms. The number of amides is 1. The number of ether oxygens (including phenoxy) is 1. The van der Waals surface area contributed by atoms with Gasteiger partial charge in [0.2, 0.25) is 5.91 Å². The van der Waals surface area contributed by atoms with Crippen LogP contribution in [0.1, 0.15) is 33.1 Å². The van der Waals surface area contributed by atoms with Crippen LogP contribution in [-0.2, 0) is 9.53 Å². The lowest BCUT2D eigenvalue weighted by molar-refractivity contribution is -0.123. The first kappa shape index (κ1) is 12.5. The molecule has 1 rings (SSSR count). The molecule has 0 aromatic heterocycles. The molecule has 0 aliphatic carbocycles. The highest BCUT2D eigenvalue weighted by molar-refractivity contribution is 5.81. The molecule has 88 valence electrons. The van der Waals surface area contributed by atoms with Crippen molar-refractivity contribution >= 4 is 5.91 Å². The van der Waals surface area contributed by atoms with Crippen LogP contribution in [-0.4, -0.2) is 37.7 Å². The van der Waals surface area contributed by atoms with Crippen LogP contribution in [0.4, 0.5) is 0 Å². The van der Waals surface area contributed by atoms with Gasteiger partial charge in [-0.05, 0) is 33.1 Å². The SMILES string of the molecule is COC(C)(C)CNC1CCCCNC1=O. The van der Waals surface area contributed by atoms with E-state index in [0.717, 1.165) is 25.8 Å². The monoisotopic (exact) mass is 214 g/mol. The number of carbonyl (C=O) groups is 1. The number of rotatable bonds is 4. The number of nitrogens with one attached hydrogen (secondary N) is 2. The predicted molar refractivity (Wildman–Crippen MR) is 59.7 cm³/mol. The van der Waals surface area contributed by atoms with Crippen LogP contribution >= 0.6 is 0 Å². The number of carbonyl (C=O) groups excluding carboxylic acids is 1. The van der Waals surface area contributed by atoms with E-state index in [4.69, 9.17) is 4.74 Å². The van der Waals surface area contributed by atoms with E-state index in [1.807, 2.05) is 13.8 Å². The van der Waals surface area contributed by atoms with Crippen molar-refractivity contribution in [3.63, 3.8) is 0 Å². The van der Waals surface area contributed by atoms with E-state index in [1.54, 1.807) is 7.11 Å². The van der Waals surface area contributed by atoms with Gasteiger partial charge in [-0.25, -0.2) is 0 Å². The van der Waals surface area contributed by atoms with Crippen molar-refractivity contribution in [3.05, 3.63) is 0 Å². The third kappa shape index (κ3) is 4.18. The van der Waals surface area contributed by atoms with Gasteiger partial charge in [-0.15, -0.1) is 0 Å². The molecule has 0 radical (unpaired) electrons. The summed E-state index contributed by atoms with van der Waals surface area (Å²) >= 11 is 0. The summed E-state index contributed by atoms with van der Waals surface area (Å²) in [6, 6.07) is -0.0538. The average molecular weight is 214 g/mol. The number of hydrogen-bond donors (Lipinski definition) is 2. The van der Waals surface area contributed by atoms with Gasteiger partial charge in [0.15, 0.2) is 0 Å². The van der Waals surface area contributed by atoms with Crippen LogP contribution in [0.3, 0.4) is 0 Å². The molecule has 4 nitrogen and oxygen atoms in total. The first-order valence-corrected chi connectivity index (χ1v) is 5.61. The van der Waals surface area contributed by atoms with Crippen LogP contribution in [0.5, 0.6) is 0 Å². The van der Waals surface area contributed by atoms with Gasteiger partial charge in [-0.2, -0.15) is 0 Å². The van der Waals surface area contributed by atoms with E-state index in [0.29, 0.717) is 6.54 Å². The molecule has 1 aliphatic heterocycles. The van der Waals surface area contributed by atoms with E-state index in [-0.39, 0.29) is 17.6 Å². The molecule has 2 N–H and O–H groups in total. The maximum atomic E-state index is 11.6. The molecule has 0 spiro atoms. The van der Waals surface area contributed by atoms with Crippen molar-refractivity contribution in [3.8, 4) is 0 Å². The zero-order valence-electron chi connectivity index (χ0n) is 9.93. The summed E-state index contributed by atoms with van der Waals surface area (Å²) in [4.78, 5) is 11.6. The summed E-state index contributed by atoms with van der Waals surface area (Å²) < 4.78 is 5.30. The maximum absolute atomic E-state index is 11.6. The highest BCUT2D eigenvalue weighted by atomic mass is 16.5. The minimum absolute atomic E-state index is 0.0538. The second kappa shape index (κ2) is 5.47. The Bertz CT molecular complexity index is 217. The van der Waals surface area contributed by atoms with Gasteiger partial charge in [0.1, 0.15) is 0 Å². The summed E-state index contributed by atoms with van der Waals surface area (Å²) in [6.45, 7) is 5.52. The quantitative estimate of drug-likeness (QED) is 0.723. The van der Waals surface area contributed by atoms with Crippen LogP contribution in [0.25, 0.3) is 0 Å². The van der Waals surface area contributed by atoms with E-state index in [1.165, 1.54) is 0 Å². The molecule has 1 amide bonds. The number of hydrogen-bond acceptors (Lipinski definition) is 3. The van der Waals surface area contributed by atoms with Crippen LogP contribution in [0.2, 0.25) is 0 Å². The predicted octanol–water partition coefficient (Wildman–Crippen LogP) is 0.670. The van der Waals surface area contributed by atoms with Gasteiger partial charge in [0, 0.05) is 20.2 Å².